The van der Waals surface area contributed by atoms with Crippen molar-refractivity contribution < 1.29 is 26.4 Å². The molecule has 1 aromatic heterocycles. The van der Waals surface area contributed by atoms with Crippen LogP contribution < -0.4 is 15.4 Å². The minimum Gasteiger partial charge on any atom is -0.369 e. The molecular formula is C18H19F3N4O3S. The lowest BCUT2D eigenvalue weighted by Gasteiger charge is -2.32. The Balaban J connectivity index is 1.75. The monoisotopic (exact) mass is 428 g/mol. The molecular weight excluding hydrogens is 409 g/mol. The van der Waals surface area contributed by atoms with Crippen LogP contribution in [0.3, 0.4) is 0 Å². The van der Waals surface area contributed by atoms with Gasteiger partial charge in [0, 0.05) is 13.1 Å². The first-order valence-corrected chi connectivity index (χ1v) is 10.2. The highest BCUT2D eigenvalue weighted by atomic mass is 32.2. The van der Waals surface area contributed by atoms with Gasteiger partial charge >= 0.3 is 6.18 Å². The number of hydrogen-bond donors (Lipinski definition) is 2. The number of amides is 1. The number of nitrogens with two attached hydrogens (primary N) is 1. The molecule has 3 rings (SSSR count). The van der Waals surface area contributed by atoms with Crippen LogP contribution >= 0.6 is 0 Å². The van der Waals surface area contributed by atoms with Gasteiger partial charge in [0.2, 0.25) is 5.91 Å². The maximum Gasteiger partial charge on any atom is 0.416 e. The number of primary amides is 1. The van der Waals surface area contributed by atoms with Crippen LogP contribution in [0.15, 0.2) is 47.5 Å². The molecule has 1 amide bonds. The smallest absolute Gasteiger partial charge is 0.369 e. The van der Waals surface area contributed by atoms with Crippen molar-refractivity contribution in [3.05, 3.63) is 48.2 Å². The average Bonchev–Trinajstić information content (AvgIpc) is 2.68. The topological polar surface area (TPSA) is 105 Å². The van der Waals surface area contributed by atoms with Crippen LogP contribution in [0, 0.1) is 5.92 Å². The second kappa shape index (κ2) is 7.90. The summed E-state index contributed by atoms with van der Waals surface area (Å²) in [5.41, 5.74) is 4.41. The van der Waals surface area contributed by atoms with Crippen LogP contribution in [-0.4, -0.2) is 32.4 Å². The van der Waals surface area contributed by atoms with Gasteiger partial charge in [0.25, 0.3) is 10.0 Å². The van der Waals surface area contributed by atoms with Crippen LogP contribution in [0.5, 0.6) is 0 Å². The minimum atomic E-state index is -4.65. The van der Waals surface area contributed by atoms with Crippen molar-refractivity contribution >= 4 is 27.4 Å². The number of alkyl halides is 3. The molecule has 7 nitrogen and oxygen atoms in total. The fourth-order valence-corrected chi connectivity index (χ4v) is 4.19. The molecule has 1 fully saturated rings. The van der Waals surface area contributed by atoms with Gasteiger partial charge in [-0.05, 0) is 43.2 Å². The summed E-state index contributed by atoms with van der Waals surface area (Å²) in [6.07, 6.45) is -1.89. The maximum atomic E-state index is 12.8. The minimum absolute atomic E-state index is 0.106. The third-order valence-corrected chi connectivity index (χ3v) is 6.00. The molecule has 1 aliphatic heterocycles. The standard InChI is InChI=1S/C18H19F3N4O3S/c19-18(20,21)13-4-1-5-15(9-13)29(27,28)24-14-6-7-16(23-10-14)25-8-2-3-12(11-25)17(22)26/h1,4-7,9-10,12,24H,2-3,8,11H2,(H2,22,26). The van der Waals surface area contributed by atoms with Gasteiger partial charge in [0.15, 0.2) is 0 Å². The summed E-state index contributed by atoms with van der Waals surface area (Å²) in [5, 5.41) is 0. The molecule has 0 aliphatic carbocycles. The molecule has 0 saturated carbocycles. The van der Waals surface area contributed by atoms with E-state index >= 15 is 0 Å². The van der Waals surface area contributed by atoms with E-state index in [4.69, 9.17) is 5.73 Å². The van der Waals surface area contributed by atoms with E-state index in [1.807, 2.05) is 4.90 Å². The highest BCUT2D eigenvalue weighted by molar-refractivity contribution is 7.92. The van der Waals surface area contributed by atoms with Crippen LogP contribution in [0.4, 0.5) is 24.7 Å². The van der Waals surface area contributed by atoms with E-state index in [1.54, 1.807) is 6.07 Å². The van der Waals surface area contributed by atoms with E-state index in [0.717, 1.165) is 24.6 Å². The molecule has 0 spiro atoms. The third-order valence-electron chi connectivity index (χ3n) is 4.62. The van der Waals surface area contributed by atoms with Gasteiger partial charge in [-0.15, -0.1) is 0 Å². The Hall–Kier alpha value is -2.82. The lowest BCUT2D eigenvalue weighted by molar-refractivity contribution is -0.137. The van der Waals surface area contributed by atoms with Crippen LogP contribution in [0.25, 0.3) is 0 Å². The van der Waals surface area contributed by atoms with E-state index in [-0.39, 0.29) is 17.5 Å². The first-order valence-electron chi connectivity index (χ1n) is 8.77. The number of carbonyl (C=O) groups is 1. The Bertz CT molecular complexity index is 994. The molecule has 11 heteroatoms. The van der Waals surface area contributed by atoms with Crippen molar-refractivity contribution in [2.45, 2.75) is 23.9 Å². The molecule has 2 aromatic rings. The van der Waals surface area contributed by atoms with E-state index < -0.39 is 26.7 Å². The van der Waals surface area contributed by atoms with Gasteiger partial charge in [-0.3, -0.25) is 9.52 Å². The van der Waals surface area contributed by atoms with Gasteiger partial charge in [-0.25, -0.2) is 13.4 Å². The Kier molecular flexibility index (Phi) is 5.69. The fraction of sp³-hybridized carbons (Fsp3) is 0.333. The number of benzene rings is 1. The highest BCUT2D eigenvalue weighted by Gasteiger charge is 2.31. The summed E-state index contributed by atoms with van der Waals surface area (Å²) < 4.78 is 65.5. The van der Waals surface area contributed by atoms with Gasteiger partial charge < -0.3 is 10.6 Å². The summed E-state index contributed by atoms with van der Waals surface area (Å²) >= 11 is 0. The molecule has 29 heavy (non-hydrogen) atoms. The molecule has 1 aliphatic rings. The zero-order valence-corrected chi connectivity index (χ0v) is 16.0. The molecule has 2 heterocycles. The van der Waals surface area contributed by atoms with Gasteiger partial charge in [0.05, 0.1) is 28.3 Å². The van der Waals surface area contributed by atoms with Crippen molar-refractivity contribution in [1.82, 2.24) is 4.98 Å². The fourth-order valence-electron chi connectivity index (χ4n) is 3.10. The Morgan fingerprint density at radius 1 is 1.24 bits per heavy atom. The Morgan fingerprint density at radius 2 is 2.00 bits per heavy atom. The normalized spacial score (nSPS) is 17.8. The van der Waals surface area contributed by atoms with E-state index in [9.17, 15) is 26.4 Å². The van der Waals surface area contributed by atoms with Crippen molar-refractivity contribution in [1.29, 1.82) is 0 Å². The first kappa shape index (κ1) is 20.9. The number of pyridine rings is 1. The summed E-state index contributed by atoms with van der Waals surface area (Å²) in [4.78, 5) is 17.0. The molecule has 0 bridgehead atoms. The average molecular weight is 428 g/mol. The third kappa shape index (κ3) is 4.97. The van der Waals surface area contributed by atoms with E-state index in [2.05, 4.69) is 9.71 Å². The predicted molar refractivity (Wildman–Crippen MR) is 101 cm³/mol. The number of rotatable bonds is 5. The maximum absolute atomic E-state index is 12.8. The quantitative estimate of drug-likeness (QED) is 0.762. The first-order chi connectivity index (χ1) is 13.6. The SMILES string of the molecule is NC(=O)C1CCCN(c2ccc(NS(=O)(=O)c3cccc(C(F)(F)F)c3)cn2)C1. The van der Waals surface area contributed by atoms with Crippen LogP contribution in [-0.2, 0) is 21.0 Å². The lowest BCUT2D eigenvalue weighted by Crippen LogP contribution is -2.41. The molecule has 3 N–H and O–H groups in total. The Morgan fingerprint density at radius 3 is 2.62 bits per heavy atom. The Labute approximate surface area is 165 Å². The molecule has 1 unspecified atom stereocenters. The van der Waals surface area contributed by atoms with Crippen molar-refractivity contribution in [3.63, 3.8) is 0 Å². The van der Waals surface area contributed by atoms with Gasteiger partial charge in [0.1, 0.15) is 5.82 Å². The number of sulfonamides is 1. The summed E-state index contributed by atoms with van der Waals surface area (Å²) in [5.74, 6) is -0.0947. The van der Waals surface area contributed by atoms with Crippen LogP contribution in [0.1, 0.15) is 18.4 Å². The van der Waals surface area contributed by atoms with Gasteiger partial charge in [-0.1, -0.05) is 6.07 Å². The number of anilines is 2. The van der Waals surface area contributed by atoms with Crippen molar-refractivity contribution in [2.75, 3.05) is 22.7 Å². The van der Waals surface area contributed by atoms with Crippen molar-refractivity contribution in [2.24, 2.45) is 11.7 Å². The van der Waals surface area contributed by atoms with Crippen molar-refractivity contribution in [3.8, 4) is 0 Å². The zero-order chi connectivity index (χ0) is 21.2. The zero-order valence-electron chi connectivity index (χ0n) is 15.2. The number of nitrogens with one attached hydrogen (secondary N) is 1. The summed E-state index contributed by atoms with van der Waals surface area (Å²) in [6, 6.07) is 6.52. The number of carbonyl (C=O) groups excluding carboxylic acids is 1. The summed E-state index contributed by atoms with van der Waals surface area (Å²) in [7, 11) is -4.22. The second-order valence-electron chi connectivity index (χ2n) is 6.72. The molecule has 156 valence electrons. The highest BCUT2D eigenvalue weighted by Crippen LogP contribution is 2.31. The molecule has 0 radical (unpaired) electrons. The van der Waals surface area contributed by atoms with E-state index in [1.165, 1.54) is 12.3 Å². The number of aromatic nitrogens is 1. The lowest BCUT2D eigenvalue weighted by atomic mass is 9.97. The number of nitrogens with zero attached hydrogens (tertiary/aromatic N) is 2. The molecule has 1 saturated heterocycles. The molecule has 1 aromatic carbocycles. The number of halogens is 3. The van der Waals surface area contributed by atoms with E-state index in [0.29, 0.717) is 31.4 Å². The second-order valence-corrected chi connectivity index (χ2v) is 8.41. The molecule has 1 atom stereocenters. The van der Waals surface area contributed by atoms with Crippen LogP contribution in [0.2, 0.25) is 0 Å². The number of piperidine rings is 1. The predicted octanol–water partition coefficient (Wildman–Crippen LogP) is 2.60. The summed E-state index contributed by atoms with van der Waals surface area (Å²) in [6.45, 7) is 1.11. The van der Waals surface area contributed by atoms with Gasteiger partial charge in [-0.2, -0.15) is 13.2 Å². The number of hydrogen-bond acceptors (Lipinski definition) is 5. The largest absolute Gasteiger partial charge is 0.416 e.